The minimum atomic E-state index is -0.531. The Morgan fingerprint density at radius 3 is 2.43 bits per heavy atom. The number of hydrogen-bond acceptors (Lipinski definition) is 5. The Balaban J connectivity index is 1.55. The number of nitrogens with one attached hydrogen (secondary N) is 2. The fraction of sp³-hybridized carbons (Fsp3) is 0.200. The van der Waals surface area contributed by atoms with Crippen molar-refractivity contribution in [3.8, 4) is 0 Å². The third-order valence-electron chi connectivity index (χ3n) is 4.12. The van der Waals surface area contributed by atoms with Gasteiger partial charge in [-0.1, -0.05) is 30.0 Å². The van der Waals surface area contributed by atoms with E-state index in [2.05, 4.69) is 20.8 Å². The lowest BCUT2D eigenvalue weighted by Crippen LogP contribution is -2.18. The average Bonchev–Trinajstić information content (AvgIpc) is 3.04. The highest BCUT2D eigenvalue weighted by Crippen LogP contribution is 2.19. The molecule has 0 aliphatic carbocycles. The van der Waals surface area contributed by atoms with Crippen LogP contribution in [0.3, 0.4) is 0 Å². The minimum absolute atomic E-state index is 0.0132. The maximum absolute atomic E-state index is 13.8. The lowest BCUT2D eigenvalue weighted by molar-refractivity contribution is -0.116. The molecule has 1 aromatic heterocycles. The maximum Gasteiger partial charge on any atom is 0.234 e. The van der Waals surface area contributed by atoms with E-state index in [-0.39, 0.29) is 23.5 Å². The first-order chi connectivity index (χ1) is 14.3. The van der Waals surface area contributed by atoms with Crippen molar-refractivity contribution in [2.24, 2.45) is 7.05 Å². The van der Waals surface area contributed by atoms with Crippen LogP contribution in [-0.4, -0.2) is 32.3 Å². The molecule has 0 saturated carbocycles. The van der Waals surface area contributed by atoms with Crippen LogP contribution in [0.25, 0.3) is 0 Å². The Morgan fingerprint density at radius 2 is 1.70 bits per heavy atom. The van der Waals surface area contributed by atoms with Crippen LogP contribution < -0.4 is 10.6 Å². The summed E-state index contributed by atoms with van der Waals surface area (Å²) in [6.07, 6.45) is -0.112. The molecule has 0 fully saturated rings. The van der Waals surface area contributed by atoms with E-state index in [1.165, 1.54) is 30.3 Å². The summed E-state index contributed by atoms with van der Waals surface area (Å²) in [5.74, 6) is -1.53. The highest BCUT2D eigenvalue weighted by Gasteiger charge is 2.16. The van der Waals surface area contributed by atoms with Crippen molar-refractivity contribution in [2.75, 3.05) is 16.4 Å². The summed E-state index contributed by atoms with van der Waals surface area (Å²) in [5, 5.41) is 13.3. The predicted molar refractivity (Wildman–Crippen MR) is 110 cm³/mol. The van der Waals surface area contributed by atoms with Crippen molar-refractivity contribution in [1.82, 2.24) is 14.8 Å². The zero-order valence-corrected chi connectivity index (χ0v) is 17.1. The van der Waals surface area contributed by atoms with Gasteiger partial charge in [0.15, 0.2) is 5.16 Å². The van der Waals surface area contributed by atoms with Crippen LogP contribution >= 0.6 is 11.8 Å². The maximum atomic E-state index is 13.8. The Kier molecular flexibility index (Phi) is 6.78. The molecular formula is C20H19F2N5O2S. The Hall–Kier alpha value is -3.27. The van der Waals surface area contributed by atoms with Crippen LogP contribution in [0.4, 0.5) is 20.2 Å². The topological polar surface area (TPSA) is 88.9 Å². The van der Waals surface area contributed by atoms with E-state index >= 15 is 0 Å². The van der Waals surface area contributed by atoms with Gasteiger partial charge in [0.05, 0.1) is 23.5 Å². The summed E-state index contributed by atoms with van der Waals surface area (Å²) in [6, 6.07) is 10.4. The van der Waals surface area contributed by atoms with Crippen molar-refractivity contribution in [1.29, 1.82) is 0 Å². The van der Waals surface area contributed by atoms with Gasteiger partial charge in [0.2, 0.25) is 11.8 Å². The lowest BCUT2D eigenvalue weighted by Gasteiger charge is -2.08. The lowest BCUT2D eigenvalue weighted by atomic mass is 10.2. The summed E-state index contributed by atoms with van der Waals surface area (Å²) in [5.41, 5.74) is 0.944. The van der Waals surface area contributed by atoms with E-state index in [0.29, 0.717) is 11.0 Å². The van der Waals surface area contributed by atoms with Crippen LogP contribution in [0.5, 0.6) is 0 Å². The number of aromatic nitrogens is 3. The molecule has 7 nitrogen and oxygen atoms in total. The standard InChI is InChI=1S/C20H19F2N5O2S/c1-12-7-8-16(14(22)9-12)24-19(29)11-30-20-26-25-17(27(20)2)10-18(28)23-15-6-4-3-5-13(15)21/h3-9H,10-11H2,1-2H3,(H,23,28)(H,24,29). The summed E-state index contributed by atoms with van der Waals surface area (Å²) in [6.45, 7) is 1.76. The van der Waals surface area contributed by atoms with Gasteiger partial charge >= 0.3 is 0 Å². The van der Waals surface area contributed by atoms with Gasteiger partial charge < -0.3 is 15.2 Å². The number of aryl methyl sites for hydroxylation is 1. The third kappa shape index (κ3) is 5.41. The van der Waals surface area contributed by atoms with E-state index in [4.69, 9.17) is 0 Å². The zero-order chi connectivity index (χ0) is 21.7. The zero-order valence-electron chi connectivity index (χ0n) is 16.3. The molecule has 0 saturated heterocycles. The van der Waals surface area contributed by atoms with Gasteiger partial charge in [0.1, 0.15) is 17.5 Å². The van der Waals surface area contributed by atoms with E-state index in [0.717, 1.165) is 17.3 Å². The van der Waals surface area contributed by atoms with Crippen LogP contribution in [-0.2, 0) is 23.1 Å². The molecule has 0 spiro atoms. The second-order valence-corrected chi connectivity index (χ2v) is 7.43. The second kappa shape index (κ2) is 9.49. The first-order valence-corrected chi connectivity index (χ1v) is 9.93. The number of anilines is 2. The quantitative estimate of drug-likeness (QED) is 0.561. The van der Waals surface area contributed by atoms with Crippen molar-refractivity contribution >= 4 is 35.0 Å². The number of benzene rings is 2. The number of carbonyl (C=O) groups is 2. The minimum Gasteiger partial charge on any atom is -0.323 e. The van der Waals surface area contributed by atoms with Crippen LogP contribution in [0, 0.1) is 18.6 Å². The normalized spacial score (nSPS) is 10.7. The summed E-state index contributed by atoms with van der Waals surface area (Å²) < 4.78 is 29.0. The number of hydrogen-bond donors (Lipinski definition) is 2. The highest BCUT2D eigenvalue weighted by molar-refractivity contribution is 7.99. The molecule has 0 unspecified atom stereocenters. The SMILES string of the molecule is Cc1ccc(NC(=O)CSc2nnc(CC(=O)Nc3ccccc3F)n2C)c(F)c1. The Bertz CT molecular complexity index is 1090. The van der Waals surface area contributed by atoms with Crippen LogP contribution in [0.1, 0.15) is 11.4 Å². The third-order valence-corrected chi connectivity index (χ3v) is 5.14. The number of carbonyl (C=O) groups excluding carboxylic acids is 2. The van der Waals surface area contributed by atoms with E-state index < -0.39 is 23.4 Å². The Morgan fingerprint density at radius 1 is 1.00 bits per heavy atom. The van der Waals surface area contributed by atoms with Crippen LogP contribution in [0.15, 0.2) is 47.6 Å². The predicted octanol–water partition coefficient (Wildman–Crippen LogP) is 3.31. The highest BCUT2D eigenvalue weighted by atomic mass is 32.2. The smallest absolute Gasteiger partial charge is 0.234 e. The molecule has 2 amide bonds. The van der Waals surface area contributed by atoms with Crippen molar-refractivity contribution < 1.29 is 18.4 Å². The van der Waals surface area contributed by atoms with Crippen molar-refractivity contribution in [3.05, 3.63) is 65.5 Å². The van der Waals surface area contributed by atoms with Gasteiger partial charge in [-0.15, -0.1) is 10.2 Å². The average molecular weight is 431 g/mol. The molecule has 0 bridgehead atoms. The number of thioether (sulfide) groups is 1. The molecule has 2 N–H and O–H groups in total. The molecule has 2 aromatic carbocycles. The van der Waals surface area contributed by atoms with Crippen molar-refractivity contribution in [2.45, 2.75) is 18.5 Å². The van der Waals surface area contributed by atoms with Crippen LogP contribution in [0.2, 0.25) is 0 Å². The molecule has 0 atom stereocenters. The first-order valence-electron chi connectivity index (χ1n) is 8.95. The molecule has 0 aliphatic heterocycles. The van der Waals surface area contributed by atoms with Gasteiger partial charge in [0.25, 0.3) is 0 Å². The number of amides is 2. The van der Waals surface area contributed by atoms with Gasteiger partial charge in [-0.2, -0.15) is 0 Å². The van der Waals surface area contributed by atoms with Gasteiger partial charge in [-0.3, -0.25) is 9.59 Å². The molecular weight excluding hydrogens is 412 g/mol. The van der Waals surface area contributed by atoms with Gasteiger partial charge in [-0.25, -0.2) is 8.78 Å². The van der Waals surface area contributed by atoms with E-state index in [9.17, 15) is 18.4 Å². The number of para-hydroxylation sites is 1. The molecule has 3 aromatic rings. The van der Waals surface area contributed by atoms with Crippen molar-refractivity contribution in [3.63, 3.8) is 0 Å². The first kappa shape index (κ1) is 21.4. The molecule has 1 heterocycles. The molecule has 156 valence electrons. The molecule has 0 radical (unpaired) electrons. The van der Waals surface area contributed by atoms with Gasteiger partial charge in [-0.05, 0) is 36.8 Å². The largest absolute Gasteiger partial charge is 0.323 e. The molecule has 30 heavy (non-hydrogen) atoms. The molecule has 0 aliphatic rings. The number of nitrogens with zero attached hydrogens (tertiary/aromatic N) is 3. The number of rotatable bonds is 7. The number of halogens is 2. The monoisotopic (exact) mass is 431 g/mol. The van der Waals surface area contributed by atoms with E-state index in [1.807, 2.05) is 0 Å². The fourth-order valence-electron chi connectivity index (χ4n) is 2.56. The second-order valence-electron chi connectivity index (χ2n) is 6.48. The summed E-state index contributed by atoms with van der Waals surface area (Å²) >= 11 is 1.10. The fourth-order valence-corrected chi connectivity index (χ4v) is 3.29. The summed E-state index contributed by atoms with van der Waals surface area (Å²) in [4.78, 5) is 24.3. The van der Waals surface area contributed by atoms with Gasteiger partial charge in [0, 0.05) is 7.05 Å². The van der Waals surface area contributed by atoms with E-state index in [1.54, 1.807) is 30.7 Å². The molecule has 3 rings (SSSR count). The summed E-state index contributed by atoms with van der Waals surface area (Å²) in [7, 11) is 1.66. The Labute approximate surface area is 175 Å². The molecule has 10 heteroatoms.